The van der Waals surface area contributed by atoms with Crippen LogP contribution in [0.1, 0.15) is 0 Å². The lowest BCUT2D eigenvalue weighted by Gasteiger charge is -2.32. The maximum Gasteiger partial charge on any atom is 0.180 e. The van der Waals surface area contributed by atoms with E-state index in [1.54, 1.807) is 0 Å². The van der Waals surface area contributed by atoms with Gasteiger partial charge in [-0.1, -0.05) is 285 Å². The summed E-state index contributed by atoms with van der Waals surface area (Å²) in [5, 5.41) is 20.7. The average molecular weight is 1130 g/mol. The highest BCUT2D eigenvalue weighted by Gasteiger charge is 2.49. The Bertz CT molecular complexity index is 5400. The molecule has 0 amide bonds. The van der Waals surface area contributed by atoms with Crippen LogP contribution in [0.15, 0.2) is 334 Å². The highest BCUT2D eigenvalue weighted by molar-refractivity contribution is 7.22. The van der Waals surface area contributed by atoms with E-state index in [1.165, 1.54) is 163 Å². The van der Waals surface area contributed by atoms with Gasteiger partial charge >= 0.3 is 0 Å². The molecule has 0 aliphatic carbocycles. The number of benzene rings is 16. The SMILES string of the molecule is c1ccc([Si]2(c3ccccc3)c3cc(-c4cccc5ccccc45)ccc3-c3ccc(-n4c5ccc(-c6ccc(-c7cc8ccccc8c8ccccc78)cc6)cc5c5cc(-c6ccc(-c7cc8ccccc8c8ccccc78)cc6)ccc54)cc32)cc1. The summed E-state index contributed by atoms with van der Waals surface area (Å²) < 4.78 is 2.54. The number of nitrogens with zero attached hydrogens (tertiary/aromatic N) is 1. The Labute approximate surface area is 512 Å². The van der Waals surface area contributed by atoms with Gasteiger partial charge in [0.25, 0.3) is 0 Å². The Morgan fingerprint density at radius 1 is 0.193 bits per heavy atom. The van der Waals surface area contributed by atoms with Crippen LogP contribution in [0.2, 0.25) is 0 Å². The van der Waals surface area contributed by atoms with Crippen LogP contribution in [-0.4, -0.2) is 12.6 Å². The van der Waals surface area contributed by atoms with E-state index < -0.39 is 8.07 Å². The second-order valence-corrected chi connectivity index (χ2v) is 27.6. The van der Waals surface area contributed by atoms with Gasteiger partial charge in [0, 0.05) is 16.5 Å². The molecule has 1 aromatic heterocycles. The normalized spacial score (nSPS) is 12.6. The second-order valence-electron chi connectivity index (χ2n) is 23.8. The zero-order chi connectivity index (χ0) is 57.9. The summed E-state index contributed by atoms with van der Waals surface area (Å²) in [4.78, 5) is 0. The third kappa shape index (κ3) is 7.72. The smallest absolute Gasteiger partial charge is 0.180 e. The number of rotatable bonds is 8. The first-order valence-electron chi connectivity index (χ1n) is 30.6. The second kappa shape index (κ2) is 20.0. The first-order chi connectivity index (χ1) is 43.6. The quantitative estimate of drug-likeness (QED) is 0.106. The maximum atomic E-state index is 2.57. The van der Waals surface area contributed by atoms with Crippen LogP contribution in [0.5, 0.6) is 0 Å². The third-order valence-electron chi connectivity index (χ3n) is 19.3. The number of fused-ring (bicyclic) bond motifs is 13. The fourth-order valence-corrected chi connectivity index (χ4v) is 20.4. The van der Waals surface area contributed by atoms with Crippen LogP contribution in [0.25, 0.3) is 148 Å². The van der Waals surface area contributed by atoms with Crippen molar-refractivity contribution in [1.82, 2.24) is 4.57 Å². The van der Waals surface area contributed by atoms with E-state index in [0.717, 1.165) is 5.69 Å². The molecule has 0 fully saturated rings. The molecular formula is C86H55NSi. The van der Waals surface area contributed by atoms with Crippen LogP contribution in [0.3, 0.4) is 0 Å². The fourth-order valence-electron chi connectivity index (χ4n) is 15.2. The van der Waals surface area contributed by atoms with Gasteiger partial charge in [0.1, 0.15) is 0 Å². The monoisotopic (exact) mass is 1130 g/mol. The maximum absolute atomic E-state index is 2.97. The Morgan fingerprint density at radius 2 is 0.591 bits per heavy atom. The van der Waals surface area contributed by atoms with Gasteiger partial charge < -0.3 is 4.57 Å². The van der Waals surface area contributed by atoms with Crippen molar-refractivity contribution in [3.05, 3.63) is 334 Å². The Hall–Kier alpha value is -11.2. The van der Waals surface area contributed by atoms with Gasteiger partial charge in [-0.2, -0.15) is 0 Å². The van der Waals surface area contributed by atoms with E-state index in [2.05, 4.69) is 338 Å². The standard InChI is InChI=1S/C86H55NSi/c1-3-22-67(23-4-1)88(68-24-5-2-6-25-68)85-54-65(70-33-17-21-58-18-7-10-26-69(58)70)42-46-77(85)78-47-45-66(55-86(78)88)87-83-48-43-61(56-34-38-59(39-35-56)79-52-63-19-8-11-27-71(63)73-29-13-15-31-75(73)79)50-81(83)82-51-62(44-49-84(82)87)57-36-40-60(41-37-57)80-53-64-20-9-12-28-72(64)74-30-14-16-32-76(74)80/h1-55H. The molecule has 0 saturated carbocycles. The molecule has 88 heavy (non-hydrogen) atoms. The molecule has 1 aliphatic rings. The van der Waals surface area contributed by atoms with Crippen LogP contribution in [-0.2, 0) is 0 Å². The van der Waals surface area contributed by atoms with Gasteiger partial charge in [-0.3, -0.25) is 0 Å². The Kier molecular flexibility index (Phi) is 11.4. The van der Waals surface area contributed by atoms with Gasteiger partial charge in [-0.15, -0.1) is 0 Å². The molecule has 0 radical (unpaired) electrons. The van der Waals surface area contributed by atoms with Crippen LogP contribution in [0, 0.1) is 0 Å². The summed E-state index contributed by atoms with van der Waals surface area (Å²) in [6.07, 6.45) is 0. The molecule has 18 rings (SSSR count). The van der Waals surface area contributed by atoms with Gasteiger partial charge in [-0.05, 0) is 190 Å². The van der Waals surface area contributed by atoms with Crippen LogP contribution < -0.4 is 20.7 Å². The van der Waals surface area contributed by atoms with Gasteiger partial charge in [0.05, 0.1) is 11.0 Å². The molecule has 0 saturated heterocycles. The van der Waals surface area contributed by atoms with Crippen molar-refractivity contribution < 1.29 is 0 Å². The lowest BCUT2D eigenvalue weighted by molar-refractivity contribution is 1.18. The lowest BCUT2D eigenvalue weighted by atomic mass is 9.92. The van der Waals surface area contributed by atoms with E-state index in [9.17, 15) is 0 Å². The Balaban J connectivity index is 0.818. The summed E-state index contributed by atoms with van der Waals surface area (Å²) in [6.45, 7) is 0. The molecule has 0 spiro atoms. The highest BCUT2D eigenvalue weighted by atomic mass is 28.3. The molecule has 0 bridgehead atoms. The van der Waals surface area contributed by atoms with Gasteiger partial charge in [0.2, 0.25) is 0 Å². The zero-order valence-corrected chi connectivity index (χ0v) is 49.2. The van der Waals surface area contributed by atoms with Crippen molar-refractivity contribution >= 4 is 104 Å². The number of hydrogen-bond donors (Lipinski definition) is 0. The van der Waals surface area contributed by atoms with Crippen molar-refractivity contribution in [2.45, 2.75) is 0 Å². The molecule has 2 heteroatoms. The largest absolute Gasteiger partial charge is 0.309 e. The van der Waals surface area contributed by atoms with Gasteiger partial charge in [-0.25, -0.2) is 0 Å². The minimum Gasteiger partial charge on any atom is -0.309 e. The zero-order valence-electron chi connectivity index (χ0n) is 48.2. The minimum atomic E-state index is -2.97. The van der Waals surface area contributed by atoms with E-state index >= 15 is 0 Å². The fraction of sp³-hybridized carbons (Fsp3) is 0. The third-order valence-corrected chi connectivity index (χ3v) is 24.1. The Morgan fingerprint density at radius 3 is 1.12 bits per heavy atom. The first kappa shape index (κ1) is 50.2. The van der Waals surface area contributed by atoms with Crippen molar-refractivity contribution in [2.75, 3.05) is 0 Å². The molecule has 16 aromatic carbocycles. The predicted octanol–water partition coefficient (Wildman–Crippen LogP) is 20.2. The predicted molar refractivity (Wildman–Crippen MR) is 378 cm³/mol. The van der Waals surface area contributed by atoms with E-state index in [-0.39, 0.29) is 0 Å². The summed E-state index contributed by atoms with van der Waals surface area (Å²) in [5.41, 5.74) is 18.3. The van der Waals surface area contributed by atoms with Crippen LogP contribution in [0.4, 0.5) is 0 Å². The van der Waals surface area contributed by atoms with Crippen molar-refractivity contribution in [3.8, 4) is 72.4 Å². The average Bonchev–Trinajstić information content (AvgIpc) is 1.55. The lowest BCUT2D eigenvalue weighted by Crippen LogP contribution is -2.72. The molecule has 2 heterocycles. The topological polar surface area (TPSA) is 4.93 Å². The van der Waals surface area contributed by atoms with E-state index in [4.69, 9.17) is 0 Å². The van der Waals surface area contributed by atoms with Gasteiger partial charge in [0.15, 0.2) is 8.07 Å². The molecule has 17 aromatic rings. The molecule has 0 atom stereocenters. The highest BCUT2D eigenvalue weighted by Crippen LogP contribution is 2.43. The van der Waals surface area contributed by atoms with Crippen molar-refractivity contribution in [3.63, 3.8) is 0 Å². The van der Waals surface area contributed by atoms with E-state index in [0.29, 0.717) is 0 Å². The van der Waals surface area contributed by atoms with Crippen LogP contribution >= 0.6 is 0 Å². The molecule has 1 nitrogen and oxygen atoms in total. The number of aromatic nitrogens is 1. The molecule has 1 aliphatic heterocycles. The summed E-state index contributed by atoms with van der Waals surface area (Å²) in [7, 11) is -2.97. The van der Waals surface area contributed by atoms with Crippen molar-refractivity contribution in [2.24, 2.45) is 0 Å². The summed E-state index contributed by atoms with van der Waals surface area (Å²) in [6, 6.07) is 126. The molecule has 408 valence electrons. The molecular weight excluding hydrogens is 1080 g/mol. The molecule has 0 N–H and O–H groups in total. The first-order valence-corrected chi connectivity index (χ1v) is 32.6. The minimum absolute atomic E-state index is 1.16. The summed E-state index contributed by atoms with van der Waals surface area (Å²) >= 11 is 0. The molecule has 0 unspecified atom stereocenters. The number of hydrogen-bond acceptors (Lipinski definition) is 0. The van der Waals surface area contributed by atoms with E-state index in [1.807, 2.05) is 0 Å². The summed E-state index contributed by atoms with van der Waals surface area (Å²) in [5.74, 6) is 0. The van der Waals surface area contributed by atoms with Crippen molar-refractivity contribution in [1.29, 1.82) is 0 Å².